The second kappa shape index (κ2) is 11.2. The lowest BCUT2D eigenvalue weighted by Crippen LogP contribution is -2.37. The number of carbonyl (C=O) groups excluding carboxylic acids is 1. The highest BCUT2D eigenvalue weighted by atomic mass is 16.6. The Bertz CT molecular complexity index is 1270. The van der Waals surface area contributed by atoms with Crippen LogP contribution in [-0.2, 0) is 0 Å². The summed E-state index contributed by atoms with van der Waals surface area (Å²) < 4.78 is 11.6. The van der Waals surface area contributed by atoms with Crippen LogP contribution < -0.4 is 19.7 Å². The van der Waals surface area contributed by atoms with Gasteiger partial charge in [-0.25, -0.2) is 14.8 Å². The van der Waals surface area contributed by atoms with Gasteiger partial charge in [0.15, 0.2) is 16.9 Å². The maximum atomic E-state index is 12.4. The highest BCUT2D eigenvalue weighted by Crippen LogP contribution is 2.37. The Hall–Kier alpha value is -3.37. The van der Waals surface area contributed by atoms with Gasteiger partial charge in [-0.05, 0) is 38.1 Å². The summed E-state index contributed by atoms with van der Waals surface area (Å²) in [6.45, 7) is 11.8. The van der Waals surface area contributed by atoms with Crippen LogP contribution in [0.15, 0.2) is 30.6 Å². The van der Waals surface area contributed by atoms with Crippen molar-refractivity contribution in [3.05, 3.63) is 30.6 Å². The van der Waals surface area contributed by atoms with Gasteiger partial charge in [0, 0.05) is 61.7 Å². The summed E-state index contributed by atoms with van der Waals surface area (Å²) in [7, 11) is 4.04. The van der Waals surface area contributed by atoms with E-state index in [2.05, 4.69) is 51.1 Å². The van der Waals surface area contributed by atoms with Gasteiger partial charge in [-0.15, -0.1) is 0 Å². The number of rotatable bonds is 10. The smallest absolute Gasteiger partial charge is 0.412 e. The summed E-state index contributed by atoms with van der Waals surface area (Å²) in [5.41, 5.74) is 3.41. The van der Waals surface area contributed by atoms with Crippen molar-refractivity contribution in [2.45, 2.75) is 34.1 Å². The zero-order valence-corrected chi connectivity index (χ0v) is 23.3. The molecule has 1 fully saturated rings. The number of anilines is 1. The molecule has 2 aromatic heterocycles. The van der Waals surface area contributed by atoms with Gasteiger partial charge in [-0.1, -0.05) is 27.7 Å². The lowest BCUT2D eigenvalue weighted by Gasteiger charge is -2.23. The number of fused-ring (bicyclic) bond motifs is 1. The molecule has 0 atom stereocenters. The van der Waals surface area contributed by atoms with E-state index >= 15 is 0 Å². The van der Waals surface area contributed by atoms with Gasteiger partial charge in [0.05, 0.1) is 11.9 Å². The van der Waals surface area contributed by atoms with Crippen molar-refractivity contribution in [1.82, 2.24) is 25.2 Å². The van der Waals surface area contributed by atoms with Crippen molar-refractivity contribution in [3.8, 4) is 22.8 Å². The van der Waals surface area contributed by atoms with E-state index in [4.69, 9.17) is 14.5 Å². The van der Waals surface area contributed by atoms with Crippen LogP contribution in [0.5, 0.6) is 11.5 Å². The molecule has 3 N–H and O–H groups in total. The fourth-order valence-corrected chi connectivity index (χ4v) is 4.26. The van der Waals surface area contributed by atoms with Crippen LogP contribution in [0.2, 0.25) is 0 Å². The molecule has 0 spiro atoms. The molecule has 1 aliphatic heterocycles. The third-order valence-corrected chi connectivity index (χ3v) is 6.72. The fourth-order valence-electron chi connectivity index (χ4n) is 4.26. The normalized spacial score (nSPS) is 15.3. The second-order valence-electron chi connectivity index (χ2n) is 11.9. The van der Waals surface area contributed by atoms with E-state index in [1.54, 1.807) is 12.4 Å². The van der Waals surface area contributed by atoms with Crippen LogP contribution >= 0.6 is 0 Å². The molecule has 0 aliphatic carbocycles. The predicted octanol–water partition coefficient (Wildman–Crippen LogP) is 3.91. The average molecular weight is 525 g/mol. The number of benzene rings is 1. The standard InChI is InChI=1S/C28H40N6O4/c1-27(2)7-8-34(17-27)20-11-19(12-21(13-20)37-10-9-33(5)6)22-14-29-25-24(32-22)23(15-30-25)38-26(36)31-16-28(3,4)18-35/h11-15,35H,7-10,16-18H2,1-6H3,(H,29,30)(H,31,36). The van der Waals surface area contributed by atoms with E-state index in [1.807, 2.05) is 34.0 Å². The molecule has 3 aromatic rings. The summed E-state index contributed by atoms with van der Waals surface area (Å²) >= 11 is 0. The number of hydrogen-bond donors (Lipinski definition) is 3. The van der Waals surface area contributed by atoms with E-state index < -0.39 is 11.5 Å². The van der Waals surface area contributed by atoms with Gasteiger partial charge < -0.3 is 34.7 Å². The number of hydrogen-bond acceptors (Lipinski definition) is 8. The zero-order chi connectivity index (χ0) is 27.5. The Labute approximate surface area is 224 Å². The van der Waals surface area contributed by atoms with Crippen LogP contribution in [0.3, 0.4) is 0 Å². The van der Waals surface area contributed by atoms with Crippen molar-refractivity contribution >= 4 is 22.9 Å². The largest absolute Gasteiger partial charge is 0.492 e. The Morgan fingerprint density at radius 3 is 2.76 bits per heavy atom. The molecule has 1 aliphatic rings. The lowest BCUT2D eigenvalue weighted by molar-refractivity contribution is 0.150. The molecule has 0 radical (unpaired) electrons. The van der Waals surface area contributed by atoms with Gasteiger partial charge in [0.2, 0.25) is 0 Å². The highest BCUT2D eigenvalue weighted by molar-refractivity contribution is 5.84. The van der Waals surface area contributed by atoms with Gasteiger partial charge in [-0.2, -0.15) is 0 Å². The third-order valence-electron chi connectivity index (χ3n) is 6.72. The van der Waals surface area contributed by atoms with Gasteiger partial charge in [0.25, 0.3) is 0 Å². The van der Waals surface area contributed by atoms with E-state index in [-0.39, 0.29) is 24.3 Å². The van der Waals surface area contributed by atoms with Gasteiger partial charge in [-0.3, -0.25) is 0 Å². The van der Waals surface area contributed by atoms with Crippen molar-refractivity contribution in [2.24, 2.45) is 10.8 Å². The molecule has 0 unspecified atom stereocenters. The number of aliphatic hydroxyl groups excluding tert-OH is 1. The van der Waals surface area contributed by atoms with E-state index in [0.29, 0.717) is 23.5 Å². The molecule has 0 saturated carbocycles. The van der Waals surface area contributed by atoms with Crippen molar-refractivity contribution in [1.29, 1.82) is 0 Å². The molecule has 1 amide bonds. The number of aromatic nitrogens is 3. The Morgan fingerprint density at radius 2 is 2.08 bits per heavy atom. The van der Waals surface area contributed by atoms with Crippen LogP contribution in [0.4, 0.5) is 10.5 Å². The minimum absolute atomic E-state index is 0.0516. The summed E-state index contributed by atoms with van der Waals surface area (Å²) in [6.07, 6.45) is 3.80. The molecule has 3 heterocycles. The number of aliphatic hydroxyl groups is 1. The maximum Gasteiger partial charge on any atom is 0.412 e. The number of amides is 1. The first-order valence-electron chi connectivity index (χ1n) is 13.0. The number of likely N-dealkylation sites (N-methyl/N-ethyl adjacent to an activating group) is 1. The molecule has 0 bridgehead atoms. The monoisotopic (exact) mass is 524 g/mol. The SMILES string of the molecule is CN(C)CCOc1cc(-c2cnc3[nH]cc(OC(=O)NCC(C)(C)CO)c3n2)cc(N2CCC(C)(C)C2)c1. The molecule has 1 saturated heterocycles. The zero-order valence-electron chi connectivity index (χ0n) is 23.3. The first kappa shape index (κ1) is 27.7. The number of aromatic amines is 1. The molecular formula is C28H40N6O4. The van der Waals surface area contributed by atoms with Crippen molar-refractivity contribution in [2.75, 3.05) is 58.4 Å². The van der Waals surface area contributed by atoms with E-state index in [1.165, 1.54) is 0 Å². The quantitative estimate of drug-likeness (QED) is 0.366. The lowest BCUT2D eigenvalue weighted by atomic mass is 9.93. The van der Waals surface area contributed by atoms with Crippen molar-refractivity contribution in [3.63, 3.8) is 0 Å². The molecule has 10 heteroatoms. The minimum Gasteiger partial charge on any atom is -0.492 e. The summed E-state index contributed by atoms with van der Waals surface area (Å²) in [6, 6.07) is 6.19. The minimum atomic E-state index is -0.616. The van der Waals surface area contributed by atoms with Crippen LogP contribution in [-0.4, -0.2) is 84.5 Å². The predicted molar refractivity (Wildman–Crippen MR) is 149 cm³/mol. The topological polar surface area (TPSA) is 116 Å². The Morgan fingerprint density at radius 1 is 1.29 bits per heavy atom. The number of H-pyrrole nitrogens is 1. The Kier molecular flexibility index (Phi) is 8.13. The van der Waals surface area contributed by atoms with E-state index in [0.717, 1.165) is 43.1 Å². The average Bonchev–Trinajstić information content (AvgIpc) is 3.44. The van der Waals surface area contributed by atoms with Gasteiger partial charge in [0.1, 0.15) is 12.4 Å². The number of nitrogens with one attached hydrogen (secondary N) is 2. The third kappa shape index (κ3) is 6.93. The summed E-state index contributed by atoms with van der Waals surface area (Å²) in [5.74, 6) is 1.07. The maximum absolute atomic E-state index is 12.4. The van der Waals surface area contributed by atoms with E-state index in [9.17, 15) is 9.90 Å². The van der Waals surface area contributed by atoms with Crippen LogP contribution in [0.25, 0.3) is 22.4 Å². The number of ether oxygens (including phenoxy) is 2. The fraction of sp³-hybridized carbons (Fsp3) is 0.536. The summed E-state index contributed by atoms with van der Waals surface area (Å²) in [5, 5.41) is 12.1. The second-order valence-corrected chi connectivity index (χ2v) is 11.9. The first-order valence-corrected chi connectivity index (χ1v) is 13.0. The first-order chi connectivity index (χ1) is 17.9. The Balaban J connectivity index is 1.61. The molecule has 10 nitrogen and oxygen atoms in total. The van der Waals surface area contributed by atoms with Gasteiger partial charge >= 0.3 is 6.09 Å². The molecule has 1 aromatic carbocycles. The van der Waals surface area contributed by atoms with Crippen LogP contribution in [0.1, 0.15) is 34.1 Å². The number of carbonyl (C=O) groups is 1. The molecule has 4 rings (SSSR count). The van der Waals surface area contributed by atoms with Crippen LogP contribution in [0, 0.1) is 10.8 Å². The highest BCUT2D eigenvalue weighted by Gasteiger charge is 2.30. The molecular weight excluding hydrogens is 484 g/mol. The molecule has 38 heavy (non-hydrogen) atoms. The number of nitrogens with zero attached hydrogens (tertiary/aromatic N) is 4. The van der Waals surface area contributed by atoms with Crippen molar-refractivity contribution < 1.29 is 19.4 Å². The molecule has 206 valence electrons. The summed E-state index contributed by atoms with van der Waals surface area (Å²) in [4.78, 5) is 29.2.